The molecule has 1 N–H and O–H groups in total. The molecule has 130 valence electrons. The molecule has 0 amide bonds. The first-order chi connectivity index (χ1) is 10.4. The molecule has 2 saturated heterocycles. The van der Waals surface area contributed by atoms with Gasteiger partial charge in [-0.2, -0.15) is 0 Å². The van der Waals surface area contributed by atoms with Crippen LogP contribution in [-0.4, -0.2) is 84.7 Å². The average molecular weight is 314 g/mol. The van der Waals surface area contributed by atoms with Crippen LogP contribution in [0.15, 0.2) is 0 Å². The van der Waals surface area contributed by atoms with Crippen LogP contribution in [0.2, 0.25) is 0 Å². The summed E-state index contributed by atoms with van der Waals surface area (Å²) in [6.07, 6.45) is 1.72. The molecule has 2 fully saturated rings. The van der Waals surface area contributed by atoms with Crippen molar-refractivity contribution in [2.75, 3.05) is 52.5 Å². The molecule has 22 heavy (non-hydrogen) atoms. The van der Waals surface area contributed by atoms with E-state index in [-0.39, 0.29) is 17.3 Å². The van der Waals surface area contributed by atoms with Gasteiger partial charge in [-0.1, -0.05) is 13.8 Å². The summed E-state index contributed by atoms with van der Waals surface area (Å²) in [5.74, 6) is 0. The van der Waals surface area contributed by atoms with Crippen LogP contribution in [0.5, 0.6) is 0 Å². The molecule has 5 heteroatoms. The van der Waals surface area contributed by atoms with E-state index in [0.717, 1.165) is 65.3 Å². The van der Waals surface area contributed by atoms with Crippen molar-refractivity contribution in [3.63, 3.8) is 0 Å². The summed E-state index contributed by atoms with van der Waals surface area (Å²) in [5.41, 5.74) is -0.116. The Morgan fingerprint density at radius 3 is 1.68 bits per heavy atom. The SMILES string of the molecule is CC[C@@]1(C)CN(CC(O)CN2CCO[C@](C)(CC)C2)CCO1. The molecule has 3 atom stereocenters. The first kappa shape index (κ1) is 18.1. The third-order valence-electron chi connectivity index (χ3n) is 5.27. The second-order valence-electron chi connectivity index (χ2n) is 7.43. The fraction of sp³-hybridized carbons (Fsp3) is 1.00. The van der Waals surface area contributed by atoms with Gasteiger partial charge >= 0.3 is 0 Å². The van der Waals surface area contributed by atoms with Gasteiger partial charge in [-0.15, -0.1) is 0 Å². The Balaban J connectivity index is 1.79. The van der Waals surface area contributed by atoms with E-state index in [1.54, 1.807) is 0 Å². The summed E-state index contributed by atoms with van der Waals surface area (Å²) in [6, 6.07) is 0. The van der Waals surface area contributed by atoms with Crippen molar-refractivity contribution in [3.8, 4) is 0 Å². The number of hydrogen-bond acceptors (Lipinski definition) is 5. The fourth-order valence-electron chi connectivity index (χ4n) is 3.43. The van der Waals surface area contributed by atoms with E-state index in [2.05, 4.69) is 37.5 Å². The molecule has 2 rings (SSSR count). The van der Waals surface area contributed by atoms with Crippen molar-refractivity contribution in [1.29, 1.82) is 0 Å². The van der Waals surface area contributed by atoms with Gasteiger partial charge in [-0.25, -0.2) is 0 Å². The van der Waals surface area contributed by atoms with Crippen LogP contribution in [0.1, 0.15) is 40.5 Å². The summed E-state index contributed by atoms with van der Waals surface area (Å²) in [7, 11) is 0. The number of rotatable bonds is 6. The molecular weight excluding hydrogens is 280 g/mol. The summed E-state index contributed by atoms with van der Waals surface area (Å²) < 4.78 is 11.7. The van der Waals surface area contributed by atoms with Gasteiger partial charge in [-0.05, 0) is 26.7 Å². The van der Waals surface area contributed by atoms with Crippen molar-refractivity contribution in [1.82, 2.24) is 9.80 Å². The molecule has 0 aromatic carbocycles. The number of ether oxygens (including phenoxy) is 2. The molecule has 1 unspecified atom stereocenters. The van der Waals surface area contributed by atoms with E-state index >= 15 is 0 Å². The zero-order chi connectivity index (χ0) is 16.2. The van der Waals surface area contributed by atoms with Crippen LogP contribution < -0.4 is 0 Å². The van der Waals surface area contributed by atoms with Crippen LogP contribution in [-0.2, 0) is 9.47 Å². The number of β-amino-alcohol motifs (C(OH)–C–C–N with tert-alkyl or cyclic N) is 1. The van der Waals surface area contributed by atoms with Gasteiger partial charge < -0.3 is 14.6 Å². The maximum atomic E-state index is 10.5. The normalized spacial score (nSPS) is 36.4. The number of nitrogens with zero attached hydrogens (tertiary/aromatic N) is 2. The summed E-state index contributed by atoms with van der Waals surface area (Å²) in [4.78, 5) is 4.69. The highest BCUT2D eigenvalue weighted by Crippen LogP contribution is 2.23. The molecule has 0 aliphatic carbocycles. The van der Waals surface area contributed by atoms with Gasteiger partial charge in [0.2, 0.25) is 0 Å². The maximum absolute atomic E-state index is 10.5. The Labute approximate surface area is 135 Å². The average Bonchev–Trinajstić information content (AvgIpc) is 2.47. The second-order valence-corrected chi connectivity index (χ2v) is 7.43. The van der Waals surface area contributed by atoms with Crippen LogP contribution >= 0.6 is 0 Å². The standard InChI is InChI=1S/C17H34N2O3/c1-5-16(3)13-18(7-9-21-16)11-15(20)12-19-8-10-22-17(4,6-2)14-19/h15,20H,5-14H2,1-4H3/t15?,16-,17+. The lowest BCUT2D eigenvalue weighted by Crippen LogP contribution is -2.55. The van der Waals surface area contributed by atoms with E-state index < -0.39 is 0 Å². The van der Waals surface area contributed by atoms with Gasteiger partial charge in [-0.3, -0.25) is 9.80 Å². The van der Waals surface area contributed by atoms with Crippen molar-refractivity contribution in [3.05, 3.63) is 0 Å². The Kier molecular flexibility index (Phi) is 6.25. The summed E-state index contributed by atoms with van der Waals surface area (Å²) >= 11 is 0. The van der Waals surface area contributed by atoms with Gasteiger partial charge in [0.1, 0.15) is 0 Å². The Bertz CT molecular complexity index is 323. The van der Waals surface area contributed by atoms with Gasteiger partial charge in [0.25, 0.3) is 0 Å². The van der Waals surface area contributed by atoms with E-state index in [1.165, 1.54) is 0 Å². The first-order valence-electron chi connectivity index (χ1n) is 8.79. The van der Waals surface area contributed by atoms with Crippen molar-refractivity contribution >= 4 is 0 Å². The first-order valence-corrected chi connectivity index (χ1v) is 8.79. The minimum Gasteiger partial charge on any atom is -0.390 e. The van der Waals surface area contributed by atoms with Gasteiger partial charge in [0.05, 0.1) is 30.5 Å². The summed E-state index contributed by atoms with van der Waals surface area (Å²) in [5, 5.41) is 10.5. The second kappa shape index (κ2) is 7.58. The quantitative estimate of drug-likeness (QED) is 0.802. The predicted molar refractivity (Wildman–Crippen MR) is 88.2 cm³/mol. The highest BCUT2D eigenvalue weighted by molar-refractivity contribution is 4.86. The van der Waals surface area contributed by atoms with Crippen LogP contribution in [0.4, 0.5) is 0 Å². The van der Waals surface area contributed by atoms with Crippen molar-refractivity contribution < 1.29 is 14.6 Å². The minimum absolute atomic E-state index is 0.0578. The molecule has 2 aliphatic rings. The van der Waals surface area contributed by atoms with Crippen molar-refractivity contribution in [2.24, 2.45) is 0 Å². The predicted octanol–water partition coefficient (Wildman–Crippen LogP) is 1.35. The Morgan fingerprint density at radius 2 is 1.32 bits per heavy atom. The number of aliphatic hydroxyl groups excluding tert-OH is 1. The van der Waals surface area contributed by atoms with Gasteiger partial charge in [0, 0.05) is 39.3 Å². The molecule has 5 nitrogen and oxygen atoms in total. The van der Waals surface area contributed by atoms with Gasteiger partial charge in [0.15, 0.2) is 0 Å². The lowest BCUT2D eigenvalue weighted by Gasteiger charge is -2.43. The Hall–Kier alpha value is -0.200. The van der Waals surface area contributed by atoms with E-state index in [1.807, 2.05) is 0 Å². The molecule has 0 radical (unpaired) electrons. The third-order valence-corrected chi connectivity index (χ3v) is 5.27. The third kappa shape index (κ3) is 4.90. The van der Waals surface area contributed by atoms with Crippen LogP contribution in [0.3, 0.4) is 0 Å². The Morgan fingerprint density at radius 1 is 0.909 bits per heavy atom. The lowest BCUT2D eigenvalue weighted by molar-refractivity contribution is -0.117. The summed E-state index contributed by atoms with van der Waals surface area (Å²) in [6.45, 7) is 15.3. The van der Waals surface area contributed by atoms with Crippen molar-refractivity contribution in [2.45, 2.75) is 57.8 Å². The molecule has 2 aliphatic heterocycles. The van der Waals surface area contributed by atoms with Crippen LogP contribution in [0, 0.1) is 0 Å². The molecule has 0 bridgehead atoms. The molecule has 0 aromatic rings. The van der Waals surface area contributed by atoms with E-state index in [4.69, 9.17) is 9.47 Å². The monoisotopic (exact) mass is 314 g/mol. The largest absolute Gasteiger partial charge is 0.390 e. The van der Waals surface area contributed by atoms with E-state index in [0.29, 0.717) is 0 Å². The highest BCUT2D eigenvalue weighted by atomic mass is 16.5. The topological polar surface area (TPSA) is 45.2 Å². The smallest absolute Gasteiger partial charge is 0.0793 e. The zero-order valence-electron chi connectivity index (χ0n) is 14.8. The zero-order valence-corrected chi connectivity index (χ0v) is 14.8. The minimum atomic E-state index is -0.307. The molecule has 0 aromatic heterocycles. The van der Waals surface area contributed by atoms with Crippen LogP contribution in [0.25, 0.3) is 0 Å². The lowest BCUT2D eigenvalue weighted by atomic mass is 10.00. The molecule has 2 heterocycles. The fourth-order valence-corrected chi connectivity index (χ4v) is 3.43. The highest BCUT2D eigenvalue weighted by Gasteiger charge is 2.33. The van der Waals surface area contributed by atoms with E-state index in [9.17, 15) is 5.11 Å². The molecule has 0 spiro atoms. The number of aliphatic hydroxyl groups is 1. The number of hydrogen-bond donors (Lipinski definition) is 1. The number of morpholine rings is 2. The maximum Gasteiger partial charge on any atom is 0.0793 e. The molecule has 0 saturated carbocycles. The molecular formula is C17H34N2O3.